The van der Waals surface area contributed by atoms with Crippen molar-refractivity contribution in [3.8, 4) is 0 Å². The van der Waals surface area contributed by atoms with Crippen LogP contribution in [0.1, 0.15) is 5.56 Å². The van der Waals surface area contributed by atoms with E-state index < -0.39 is 16.4 Å². The summed E-state index contributed by atoms with van der Waals surface area (Å²) in [5, 5.41) is 14.2. The number of nitrogens with zero attached hydrogens (tertiary/aromatic N) is 1. The van der Waals surface area contributed by atoms with E-state index in [-0.39, 0.29) is 0 Å². The maximum atomic E-state index is 13.2. The second kappa shape index (κ2) is 6.19. The lowest BCUT2D eigenvalue weighted by Crippen LogP contribution is -2.01. The standard InChI is InChI=1S/C13H9BrClFN2O2/c14-9-2-1-8(11(15)5-9)7-17-10-3-4-12(16)13(6-10)18(19)20/h1-6,17H,7H2. The zero-order valence-corrected chi connectivity index (χ0v) is 12.4. The first-order chi connectivity index (χ1) is 9.47. The van der Waals surface area contributed by atoms with Crippen LogP contribution < -0.4 is 5.32 Å². The van der Waals surface area contributed by atoms with E-state index in [9.17, 15) is 14.5 Å². The van der Waals surface area contributed by atoms with Gasteiger partial charge >= 0.3 is 5.69 Å². The van der Waals surface area contributed by atoms with Gasteiger partial charge in [-0.25, -0.2) is 0 Å². The zero-order chi connectivity index (χ0) is 14.7. The fourth-order valence-electron chi connectivity index (χ4n) is 1.62. The number of hydrogen-bond donors (Lipinski definition) is 1. The van der Waals surface area contributed by atoms with Gasteiger partial charge in [-0.3, -0.25) is 10.1 Å². The Hall–Kier alpha value is -1.66. The number of nitro benzene ring substituents is 1. The molecule has 0 unspecified atom stereocenters. The molecule has 0 amide bonds. The normalized spacial score (nSPS) is 10.3. The summed E-state index contributed by atoms with van der Waals surface area (Å²) in [5.41, 5.74) is 0.732. The molecule has 4 nitrogen and oxygen atoms in total. The highest BCUT2D eigenvalue weighted by molar-refractivity contribution is 9.10. The van der Waals surface area contributed by atoms with E-state index in [1.165, 1.54) is 6.07 Å². The lowest BCUT2D eigenvalue weighted by molar-refractivity contribution is -0.387. The monoisotopic (exact) mass is 358 g/mol. The van der Waals surface area contributed by atoms with Crippen molar-refractivity contribution >= 4 is 38.9 Å². The third-order valence-corrected chi connectivity index (χ3v) is 3.49. The van der Waals surface area contributed by atoms with Crippen LogP contribution in [0.25, 0.3) is 0 Å². The topological polar surface area (TPSA) is 55.2 Å². The van der Waals surface area contributed by atoms with Crippen molar-refractivity contribution in [1.29, 1.82) is 0 Å². The fourth-order valence-corrected chi connectivity index (χ4v) is 2.37. The summed E-state index contributed by atoms with van der Waals surface area (Å²) >= 11 is 9.37. The molecule has 0 aliphatic carbocycles. The van der Waals surface area contributed by atoms with E-state index >= 15 is 0 Å². The number of nitro groups is 1. The van der Waals surface area contributed by atoms with Crippen LogP contribution in [0.4, 0.5) is 15.8 Å². The van der Waals surface area contributed by atoms with Gasteiger partial charge in [-0.1, -0.05) is 33.6 Å². The molecular weight excluding hydrogens is 351 g/mol. The Morgan fingerprint density at radius 1 is 1.30 bits per heavy atom. The Kier molecular flexibility index (Phi) is 4.57. The second-order valence-corrected chi connectivity index (χ2v) is 5.34. The van der Waals surface area contributed by atoms with E-state index in [0.29, 0.717) is 17.3 Å². The summed E-state index contributed by atoms with van der Waals surface area (Å²) in [6.45, 7) is 0.384. The lowest BCUT2D eigenvalue weighted by Gasteiger charge is -2.08. The van der Waals surface area contributed by atoms with Crippen LogP contribution in [0.15, 0.2) is 40.9 Å². The van der Waals surface area contributed by atoms with Gasteiger partial charge in [-0.2, -0.15) is 4.39 Å². The molecule has 0 fully saturated rings. The van der Waals surface area contributed by atoms with Gasteiger partial charge in [0, 0.05) is 27.8 Å². The molecule has 0 atom stereocenters. The highest BCUT2D eigenvalue weighted by Gasteiger charge is 2.14. The highest BCUT2D eigenvalue weighted by Crippen LogP contribution is 2.24. The highest BCUT2D eigenvalue weighted by atomic mass is 79.9. The molecule has 0 radical (unpaired) electrons. The number of hydrogen-bond acceptors (Lipinski definition) is 3. The summed E-state index contributed by atoms with van der Waals surface area (Å²) in [5.74, 6) is -0.859. The molecule has 0 aliphatic heterocycles. The Bertz CT molecular complexity index is 667. The molecule has 0 spiro atoms. The minimum atomic E-state index is -0.859. The molecule has 0 aromatic heterocycles. The smallest absolute Gasteiger partial charge is 0.306 e. The summed E-state index contributed by atoms with van der Waals surface area (Å²) < 4.78 is 14.1. The quantitative estimate of drug-likeness (QED) is 0.632. The predicted molar refractivity (Wildman–Crippen MR) is 79.5 cm³/mol. The summed E-state index contributed by atoms with van der Waals surface area (Å²) in [4.78, 5) is 9.89. The SMILES string of the molecule is O=[N+]([O-])c1cc(NCc2ccc(Br)cc2Cl)ccc1F. The fraction of sp³-hybridized carbons (Fsp3) is 0.0769. The largest absolute Gasteiger partial charge is 0.381 e. The van der Waals surface area contributed by atoms with Gasteiger partial charge in [0.2, 0.25) is 5.82 Å². The van der Waals surface area contributed by atoms with Gasteiger partial charge in [0.15, 0.2) is 0 Å². The van der Waals surface area contributed by atoms with Crippen molar-refractivity contribution in [2.24, 2.45) is 0 Å². The van der Waals surface area contributed by atoms with Gasteiger partial charge in [0.05, 0.1) is 4.92 Å². The molecule has 1 N–H and O–H groups in total. The van der Waals surface area contributed by atoms with E-state index in [1.807, 2.05) is 12.1 Å². The van der Waals surface area contributed by atoms with Gasteiger partial charge in [-0.05, 0) is 29.8 Å². The molecule has 104 valence electrons. The van der Waals surface area contributed by atoms with Gasteiger partial charge in [-0.15, -0.1) is 0 Å². The number of benzene rings is 2. The molecule has 0 bridgehead atoms. The third-order valence-electron chi connectivity index (χ3n) is 2.64. The van der Waals surface area contributed by atoms with Crippen LogP contribution >= 0.6 is 27.5 Å². The number of rotatable bonds is 4. The van der Waals surface area contributed by atoms with Crippen LogP contribution in [-0.2, 0) is 6.54 Å². The Morgan fingerprint density at radius 2 is 2.05 bits per heavy atom. The van der Waals surface area contributed by atoms with Crippen LogP contribution in [0.5, 0.6) is 0 Å². The maximum absolute atomic E-state index is 13.2. The average molecular weight is 360 g/mol. The molecule has 0 saturated heterocycles. The van der Waals surface area contributed by atoms with E-state index in [0.717, 1.165) is 22.2 Å². The molecule has 20 heavy (non-hydrogen) atoms. The molecule has 2 rings (SSSR count). The first kappa shape index (κ1) is 14.7. The third kappa shape index (κ3) is 3.46. The van der Waals surface area contributed by atoms with Crippen LogP contribution in [0, 0.1) is 15.9 Å². The first-order valence-electron chi connectivity index (χ1n) is 5.59. The Morgan fingerprint density at radius 3 is 2.70 bits per heavy atom. The van der Waals surface area contributed by atoms with Gasteiger partial charge < -0.3 is 5.32 Å². The van der Waals surface area contributed by atoms with Gasteiger partial charge in [0.25, 0.3) is 0 Å². The van der Waals surface area contributed by atoms with Crippen molar-refractivity contribution in [2.75, 3.05) is 5.32 Å². The van der Waals surface area contributed by atoms with Crippen LogP contribution in [-0.4, -0.2) is 4.92 Å². The molecule has 0 saturated carbocycles. The lowest BCUT2D eigenvalue weighted by atomic mass is 10.2. The van der Waals surface area contributed by atoms with Crippen molar-refractivity contribution in [3.05, 3.63) is 67.4 Å². The minimum Gasteiger partial charge on any atom is -0.381 e. The number of nitrogens with one attached hydrogen (secondary N) is 1. The molecule has 7 heteroatoms. The van der Waals surface area contributed by atoms with Crippen molar-refractivity contribution in [1.82, 2.24) is 0 Å². The molecule has 0 heterocycles. The van der Waals surface area contributed by atoms with Crippen molar-refractivity contribution < 1.29 is 9.31 Å². The van der Waals surface area contributed by atoms with E-state index in [4.69, 9.17) is 11.6 Å². The summed E-state index contributed by atoms with van der Waals surface area (Å²) in [6, 6.07) is 9.08. The van der Waals surface area contributed by atoms with Gasteiger partial charge in [0.1, 0.15) is 0 Å². The zero-order valence-electron chi connectivity index (χ0n) is 10.1. The van der Waals surface area contributed by atoms with E-state index in [1.54, 1.807) is 6.07 Å². The maximum Gasteiger partial charge on any atom is 0.306 e. The van der Waals surface area contributed by atoms with Crippen molar-refractivity contribution in [2.45, 2.75) is 6.54 Å². The predicted octanol–water partition coefficient (Wildman–Crippen LogP) is 4.76. The number of anilines is 1. The molecular formula is C13H9BrClFN2O2. The van der Waals surface area contributed by atoms with Crippen molar-refractivity contribution in [3.63, 3.8) is 0 Å². The van der Waals surface area contributed by atoms with Crippen LogP contribution in [0.2, 0.25) is 5.02 Å². The van der Waals surface area contributed by atoms with Crippen LogP contribution in [0.3, 0.4) is 0 Å². The minimum absolute atomic E-state index is 0.384. The second-order valence-electron chi connectivity index (χ2n) is 4.01. The van der Waals surface area contributed by atoms with E-state index in [2.05, 4.69) is 21.2 Å². The molecule has 2 aromatic carbocycles. The average Bonchev–Trinajstić information content (AvgIpc) is 2.39. The molecule has 2 aromatic rings. The summed E-state index contributed by atoms with van der Waals surface area (Å²) in [7, 11) is 0. The Labute approximate surface area is 127 Å². The summed E-state index contributed by atoms with van der Waals surface area (Å²) in [6.07, 6.45) is 0. The first-order valence-corrected chi connectivity index (χ1v) is 6.76. The number of halogens is 3. The Balaban J connectivity index is 2.15. The molecule has 0 aliphatic rings.